The molecule has 2 aromatic rings. The fourth-order valence-electron chi connectivity index (χ4n) is 3.34. The lowest BCUT2D eigenvalue weighted by Gasteiger charge is -2.25. The van der Waals surface area contributed by atoms with Gasteiger partial charge in [-0.15, -0.1) is 12.4 Å². The minimum Gasteiger partial charge on any atom is -0.443 e. The molecule has 3 heterocycles. The molecular formula is C18H21ClN2O2. The van der Waals surface area contributed by atoms with Crippen LogP contribution < -0.4 is 14.8 Å². The van der Waals surface area contributed by atoms with Gasteiger partial charge in [0.05, 0.1) is 0 Å². The van der Waals surface area contributed by atoms with E-state index in [9.17, 15) is 0 Å². The Morgan fingerprint density at radius 2 is 1.91 bits per heavy atom. The molecule has 0 spiro atoms. The molecule has 2 aliphatic rings. The van der Waals surface area contributed by atoms with Crippen molar-refractivity contribution in [2.75, 3.05) is 13.1 Å². The summed E-state index contributed by atoms with van der Waals surface area (Å²) in [6, 6.07) is 12.0. The maximum absolute atomic E-state index is 6.26. The Bertz CT molecular complexity index is 674. The molecule has 1 unspecified atom stereocenters. The second-order valence-electron chi connectivity index (χ2n) is 6.06. The Morgan fingerprint density at radius 3 is 2.65 bits per heavy atom. The fraction of sp³-hybridized carbons (Fsp3) is 0.389. The van der Waals surface area contributed by atoms with Crippen LogP contribution in [-0.2, 0) is 5.79 Å². The Labute approximate surface area is 142 Å². The van der Waals surface area contributed by atoms with Gasteiger partial charge in [-0.05, 0) is 50.0 Å². The molecule has 0 aliphatic carbocycles. The van der Waals surface area contributed by atoms with Gasteiger partial charge in [-0.1, -0.05) is 18.2 Å². The van der Waals surface area contributed by atoms with Crippen LogP contribution in [0.25, 0.3) is 0 Å². The minimum atomic E-state index is -0.841. The van der Waals surface area contributed by atoms with Gasteiger partial charge in [0, 0.05) is 18.7 Å². The second-order valence-corrected chi connectivity index (χ2v) is 6.06. The van der Waals surface area contributed by atoms with E-state index in [0.717, 1.165) is 43.1 Å². The SMILES string of the molecule is CC1(c2ccccn2)Oc2cccc(C3CCNCC3)c2O1.Cl. The van der Waals surface area contributed by atoms with Crippen LogP contribution in [0.5, 0.6) is 11.5 Å². The fourth-order valence-corrected chi connectivity index (χ4v) is 3.34. The highest BCUT2D eigenvalue weighted by atomic mass is 35.5. The van der Waals surface area contributed by atoms with E-state index < -0.39 is 5.79 Å². The van der Waals surface area contributed by atoms with Gasteiger partial charge in [0.2, 0.25) is 0 Å². The number of pyridine rings is 1. The van der Waals surface area contributed by atoms with Gasteiger partial charge in [0.1, 0.15) is 5.69 Å². The second kappa shape index (κ2) is 6.38. The van der Waals surface area contributed by atoms with Gasteiger partial charge >= 0.3 is 0 Å². The third-order valence-corrected chi connectivity index (χ3v) is 4.52. The van der Waals surface area contributed by atoms with Crippen LogP contribution in [0.2, 0.25) is 0 Å². The molecule has 0 saturated carbocycles. The number of ether oxygens (including phenoxy) is 2. The first-order valence-corrected chi connectivity index (χ1v) is 7.89. The normalized spacial score (nSPS) is 23.3. The van der Waals surface area contributed by atoms with Crippen LogP contribution in [0.4, 0.5) is 0 Å². The standard InChI is InChI=1S/C18H20N2O2.ClH/c1-18(16-7-2-3-10-20-16)21-15-6-4-5-14(17(15)22-18)13-8-11-19-12-9-13;/h2-7,10,13,19H,8-9,11-12H2,1H3;1H. The molecule has 4 rings (SSSR count). The number of nitrogens with one attached hydrogen (secondary N) is 1. The van der Waals surface area contributed by atoms with E-state index >= 15 is 0 Å². The summed E-state index contributed by atoms with van der Waals surface area (Å²) in [7, 11) is 0. The lowest BCUT2D eigenvalue weighted by Crippen LogP contribution is -2.32. The summed E-state index contributed by atoms with van der Waals surface area (Å²) in [6.07, 6.45) is 4.05. The Hall–Kier alpha value is -1.78. The van der Waals surface area contributed by atoms with Gasteiger partial charge in [0.15, 0.2) is 11.5 Å². The number of halogens is 1. The highest BCUT2D eigenvalue weighted by Gasteiger charge is 2.41. The minimum absolute atomic E-state index is 0. The number of nitrogens with zero attached hydrogens (tertiary/aromatic N) is 1. The molecule has 0 amide bonds. The average molecular weight is 333 g/mol. The van der Waals surface area contributed by atoms with Gasteiger partial charge in [0.25, 0.3) is 5.79 Å². The van der Waals surface area contributed by atoms with Crippen molar-refractivity contribution in [1.29, 1.82) is 0 Å². The molecule has 4 nitrogen and oxygen atoms in total. The van der Waals surface area contributed by atoms with Crippen molar-refractivity contribution in [3.8, 4) is 11.5 Å². The molecule has 1 aromatic heterocycles. The summed E-state index contributed by atoms with van der Waals surface area (Å²) in [5, 5.41) is 3.41. The van der Waals surface area contributed by atoms with Crippen molar-refractivity contribution >= 4 is 12.4 Å². The number of aromatic nitrogens is 1. The molecular weight excluding hydrogens is 312 g/mol. The number of hydrogen-bond donors (Lipinski definition) is 1. The lowest BCUT2D eigenvalue weighted by molar-refractivity contribution is -0.0722. The molecule has 1 aromatic carbocycles. The third kappa shape index (κ3) is 2.89. The summed E-state index contributed by atoms with van der Waals surface area (Å²) in [5.74, 6) is 1.41. The van der Waals surface area contributed by atoms with E-state index in [1.165, 1.54) is 5.56 Å². The molecule has 2 aliphatic heterocycles. The largest absolute Gasteiger partial charge is 0.443 e. The average Bonchev–Trinajstić information content (AvgIpc) is 2.94. The maximum atomic E-state index is 6.26. The first kappa shape index (κ1) is 16.1. The zero-order valence-electron chi connectivity index (χ0n) is 13.1. The number of fused-ring (bicyclic) bond motifs is 1. The van der Waals surface area contributed by atoms with Crippen molar-refractivity contribution in [2.45, 2.75) is 31.5 Å². The number of hydrogen-bond acceptors (Lipinski definition) is 4. The first-order chi connectivity index (χ1) is 10.8. The van der Waals surface area contributed by atoms with Crippen LogP contribution in [0.1, 0.15) is 36.9 Å². The highest BCUT2D eigenvalue weighted by molar-refractivity contribution is 5.85. The van der Waals surface area contributed by atoms with Gasteiger partial charge in [-0.3, -0.25) is 4.98 Å². The van der Waals surface area contributed by atoms with Crippen LogP contribution in [0, 0.1) is 0 Å². The van der Waals surface area contributed by atoms with Gasteiger partial charge in [-0.2, -0.15) is 0 Å². The monoisotopic (exact) mass is 332 g/mol. The zero-order valence-corrected chi connectivity index (χ0v) is 13.9. The molecule has 5 heteroatoms. The summed E-state index contributed by atoms with van der Waals surface area (Å²) >= 11 is 0. The van der Waals surface area contributed by atoms with E-state index in [2.05, 4.69) is 22.4 Å². The molecule has 0 bridgehead atoms. The number of benzene rings is 1. The Morgan fingerprint density at radius 1 is 1.09 bits per heavy atom. The Balaban J connectivity index is 0.00000156. The summed E-state index contributed by atoms with van der Waals surface area (Å²) in [4.78, 5) is 4.40. The van der Waals surface area contributed by atoms with E-state index in [0.29, 0.717) is 5.92 Å². The summed E-state index contributed by atoms with van der Waals surface area (Å²) in [6.45, 7) is 4.06. The van der Waals surface area contributed by atoms with E-state index in [1.54, 1.807) is 6.20 Å². The van der Waals surface area contributed by atoms with E-state index in [1.807, 2.05) is 31.2 Å². The summed E-state index contributed by atoms with van der Waals surface area (Å²) in [5.41, 5.74) is 2.06. The quantitative estimate of drug-likeness (QED) is 0.912. The molecule has 1 N–H and O–H groups in total. The first-order valence-electron chi connectivity index (χ1n) is 7.89. The zero-order chi connectivity index (χ0) is 15.0. The smallest absolute Gasteiger partial charge is 0.292 e. The van der Waals surface area contributed by atoms with Crippen LogP contribution in [-0.4, -0.2) is 18.1 Å². The van der Waals surface area contributed by atoms with Crippen molar-refractivity contribution in [3.05, 3.63) is 53.9 Å². The molecule has 1 fully saturated rings. The topological polar surface area (TPSA) is 43.4 Å². The Kier molecular flexibility index (Phi) is 4.46. The number of para-hydroxylation sites is 1. The predicted octanol–water partition coefficient (Wildman–Crippen LogP) is 3.61. The van der Waals surface area contributed by atoms with Crippen LogP contribution in [0.3, 0.4) is 0 Å². The lowest BCUT2D eigenvalue weighted by atomic mass is 9.89. The van der Waals surface area contributed by atoms with Crippen molar-refractivity contribution < 1.29 is 9.47 Å². The van der Waals surface area contributed by atoms with E-state index in [-0.39, 0.29) is 12.4 Å². The predicted molar refractivity (Wildman–Crippen MR) is 91.4 cm³/mol. The molecule has 1 atom stereocenters. The number of rotatable bonds is 2. The van der Waals surface area contributed by atoms with Crippen LogP contribution >= 0.6 is 12.4 Å². The highest BCUT2D eigenvalue weighted by Crippen LogP contribution is 2.48. The van der Waals surface area contributed by atoms with E-state index in [4.69, 9.17) is 9.47 Å². The third-order valence-electron chi connectivity index (χ3n) is 4.52. The van der Waals surface area contributed by atoms with Crippen LogP contribution in [0.15, 0.2) is 42.6 Å². The maximum Gasteiger partial charge on any atom is 0.292 e. The van der Waals surface area contributed by atoms with Crippen molar-refractivity contribution in [3.63, 3.8) is 0 Å². The summed E-state index contributed by atoms with van der Waals surface area (Å²) < 4.78 is 12.4. The van der Waals surface area contributed by atoms with Gasteiger partial charge in [-0.25, -0.2) is 0 Å². The molecule has 23 heavy (non-hydrogen) atoms. The van der Waals surface area contributed by atoms with Crippen molar-refractivity contribution in [1.82, 2.24) is 10.3 Å². The molecule has 122 valence electrons. The molecule has 0 radical (unpaired) electrons. The number of piperidine rings is 1. The molecule has 1 saturated heterocycles. The van der Waals surface area contributed by atoms with Gasteiger partial charge < -0.3 is 14.8 Å². The van der Waals surface area contributed by atoms with Crippen molar-refractivity contribution in [2.24, 2.45) is 0 Å².